The van der Waals surface area contributed by atoms with Gasteiger partial charge in [-0.3, -0.25) is 0 Å². The van der Waals surface area contributed by atoms with Crippen molar-refractivity contribution in [2.75, 3.05) is 0 Å². The van der Waals surface area contributed by atoms with Gasteiger partial charge in [-0.05, 0) is 25.0 Å². The molecule has 0 aliphatic rings. The molecule has 38 heavy (non-hydrogen) atoms. The van der Waals surface area contributed by atoms with Crippen LogP contribution in [0, 0.1) is 0 Å². The lowest BCUT2D eigenvalue weighted by Gasteiger charge is -2.04. The number of esters is 1. The number of para-hydroxylation sites is 1. The van der Waals surface area contributed by atoms with E-state index in [0.29, 0.717) is 5.75 Å². The van der Waals surface area contributed by atoms with E-state index in [1.54, 1.807) is 18.2 Å². The lowest BCUT2D eigenvalue weighted by molar-refractivity contribution is -0.129. The number of benzene rings is 1. The highest BCUT2D eigenvalue weighted by molar-refractivity contribution is 5.83. The van der Waals surface area contributed by atoms with Crippen LogP contribution in [0.25, 0.3) is 0 Å². The molecule has 0 unspecified atom stereocenters. The molecule has 0 aliphatic heterocycles. The predicted molar refractivity (Wildman–Crippen MR) is 167 cm³/mol. The van der Waals surface area contributed by atoms with Crippen molar-refractivity contribution in [1.29, 1.82) is 0 Å². The minimum Gasteiger partial charge on any atom is -0.423 e. The van der Waals surface area contributed by atoms with Crippen molar-refractivity contribution < 1.29 is 9.53 Å². The standard InChI is InChI=1S/C36H62O2/c1-2-3-4-5-6-7-8-9-10-11-12-13-14-15-16-17-18-19-20-21-22-23-24-25-26-27-31-34-36(37)38-35-32-29-28-30-33-35/h28-34H,2-27H2,1H3/b34-31+. The molecule has 2 nitrogen and oxygen atoms in total. The number of hydrogen-bond acceptors (Lipinski definition) is 2. The zero-order chi connectivity index (χ0) is 27.2. The molecule has 0 amide bonds. The van der Waals surface area contributed by atoms with Gasteiger partial charge in [-0.1, -0.05) is 185 Å². The van der Waals surface area contributed by atoms with E-state index in [1.165, 1.54) is 154 Å². The number of hydrogen-bond donors (Lipinski definition) is 0. The van der Waals surface area contributed by atoms with E-state index in [0.717, 1.165) is 12.8 Å². The molecular formula is C36H62O2. The van der Waals surface area contributed by atoms with Crippen molar-refractivity contribution >= 4 is 5.97 Å². The Bertz CT molecular complexity index is 636. The number of unbranched alkanes of at least 4 members (excludes halogenated alkanes) is 25. The Balaban J connectivity index is 1.69. The van der Waals surface area contributed by atoms with Crippen LogP contribution in [0.15, 0.2) is 42.5 Å². The van der Waals surface area contributed by atoms with Crippen molar-refractivity contribution in [3.8, 4) is 5.75 Å². The lowest BCUT2D eigenvalue weighted by atomic mass is 10.0. The van der Waals surface area contributed by atoms with E-state index in [2.05, 4.69) is 6.92 Å². The van der Waals surface area contributed by atoms with Gasteiger partial charge >= 0.3 is 5.97 Å². The SMILES string of the molecule is CCCCCCCCCCCCCCCCCCCCCCCCCCC/C=C/C(=O)Oc1ccccc1. The normalized spacial score (nSPS) is 11.4. The van der Waals surface area contributed by atoms with Crippen molar-refractivity contribution in [2.24, 2.45) is 0 Å². The van der Waals surface area contributed by atoms with Crippen LogP contribution in [0.5, 0.6) is 5.75 Å². The average Bonchev–Trinajstić information content (AvgIpc) is 2.93. The van der Waals surface area contributed by atoms with Crippen LogP contribution in [0.4, 0.5) is 0 Å². The van der Waals surface area contributed by atoms with Gasteiger partial charge in [-0.2, -0.15) is 0 Å². The van der Waals surface area contributed by atoms with Gasteiger partial charge in [-0.15, -0.1) is 0 Å². The van der Waals surface area contributed by atoms with E-state index in [1.807, 2.05) is 24.3 Å². The second-order valence-corrected chi connectivity index (χ2v) is 11.4. The first-order valence-corrected chi connectivity index (χ1v) is 16.8. The van der Waals surface area contributed by atoms with E-state index in [9.17, 15) is 4.79 Å². The van der Waals surface area contributed by atoms with Crippen LogP contribution in [-0.4, -0.2) is 5.97 Å². The molecule has 0 radical (unpaired) electrons. The molecule has 0 spiro atoms. The Labute approximate surface area is 237 Å². The van der Waals surface area contributed by atoms with Crippen LogP contribution >= 0.6 is 0 Å². The van der Waals surface area contributed by atoms with E-state index >= 15 is 0 Å². The molecule has 0 heterocycles. The maximum atomic E-state index is 11.7. The number of carbonyl (C=O) groups excluding carboxylic acids is 1. The molecule has 0 saturated carbocycles. The fraction of sp³-hybridized carbons (Fsp3) is 0.750. The molecule has 1 rings (SSSR count). The Morgan fingerprint density at radius 3 is 1.24 bits per heavy atom. The zero-order valence-electron chi connectivity index (χ0n) is 25.2. The van der Waals surface area contributed by atoms with Crippen molar-refractivity contribution in [3.05, 3.63) is 42.5 Å². The third-order valence-electron chi connectivity index (χ3n) is 7.69. The average molecular weight is 527 g/mol. The largest absolute Gasteiger partial charge is 0.423 e. The van der Waals surface area contributed by atoms with Crippen LogP contribution < -0.4 is 4.74 Å². The second kappa shape index (κ2) is 28.4. The molecule has 0 aliphatic carbocycles. The quantitative estimate of drug-likeness (QED) is 0.0469. The molecule has 0 atom stereocenters. The highest BCUT2D eigenvalue weighted by Gasteiger charge is 1.99. The van der Waals surface area contributed by atoms with Gasteiger partial charge in [-0.25, -0.2) is 4.79 Å². The number of carbonyl (C=O) groups is 1. The smallest absolute Gasteiger partial charge is 0.335 e. The summed E-state index contributed by atoms with van der Waals surface area (Å²) in [7, 11) is 0. The first-order chi connectivity index (χ1) is 18.8. The Kier molecular flexibility index (Phi) is 25.8. The van der Waals surface area contributed by atoms with E-state index in [-0.39, 0.29) is 5.97 Å². The summed E-state index contributed by atoms with van der Waals surface area (Å²) in [5.74, 6) is 0.322. The minimum atomic E-state index is -0.282. The first kappa shape index (κ1) is 34.5. The van der Waals surface area contributed by atoms with Gasteiger partial charge in [0.2, 0.25) is 0 Å². The van der Waals surface area contributed by atoms with Gasteiger partial charge in [0.05, 0.1) is 0 Å². The summed E-state index contributed by atoms with van der Waals surface area (Å²) in [6, 6.07) is 9.25. The lowest BCUT2D eigenvalue weighted by Crippen LogP contribution is -2.03. The number of rotatable bonds is 28. The zero-order valence-corrected chi connectivity index (χ0v) is 25.2. The summed E-state index contributed by atoms with van der Waals surface area (Å²) in [6.45, 7) is 2.30. The van der Waals surface area contributed by atoms with E-state index < -0.39 is 0 Å². The van der Waals surface area contributed by atoms with Crippen LogP contribution in [-0.2, 0) is 4.79 Å². The Hall–Kier alpha value is -1.57. The molecular weight excluding hydrogens is 464 g/mol. The van der Waals surface area contributed by atoms with Crippen LogP contribution in [0.3, 0.4) is 0 Å². The molecule has 0 fully saturated rings. The second-order valence-electron chi connectivity index (χ2n) is 11.4. The van der Waals surface area contributed by atoms with Crippen molar-refractivity contribution in [2.45, 2.75) is 174 Å². The number of ether oxygens (including phenoxy) is 1. The van der Waals surface area contributed by atoms with Crippen molar-refractivity contribution in [3.63, 3.8) is 0 Å². The monoisotopic (exact) mass is 526 g/mol. The van der Waals surface area contributed by atoms with Gasteiger partial charge in [0.25, 0.3) is 0 Å². The van der Waals surface area contributed by atoms with Gasteiger partial charge < -0.3 is 4.74 Å². The predicted octanol–water partition coefficient (Wildman–Crippen LogP) is 12.3. The highest BCUT2D eigenvalue weighted by Crippen LogP contribution is 2.16. The third-order valence-corrected chi connectivity index (χ3v) is 7.69. The van der Waals surface area contributed by atoms with Crippen molar-refractivity contribution in [1.82, 2.24) is 0 Å². The van der Waals surface area contributed by atoms with Gasteiger partial charge in [0, 0.05) is 6.08 Å². The van der Waals surface area contributed by atoms with Crippen LogP contribution in [0.2, 0.25) is 0 Å². The van der Waals surface area contributed by atoms with Gasteiger partial charge in [0.1, 0.15) is 5.75 Å². The highest BCUT2D eigenvalue weighted by atomic mass is 16.5. The summed E-state index contributed by atoms with van der Waals surface area (Å²) in [5.41, 5.74) is 0. The maximum absolute atomic E-state index is 11.7. The topological polar surface area (TPSA) is 26.3 Å². The van der Waals surface area contributed by atoms with Crippen LogP contribution in [0.1, 0.15) is 174 Å². The molecule has 2 heteroatoms. The number of allylic oxidation sites excluding steroid dienone is 1. The molecule has 1 aromatic carbocycles. The molecule has 218 valence electrons. The minimum absolute atomic E-state index is 0.282. The fourth-order valence-electron chi connectivity index (χ4n) is 5.22. The summed E-state index contributed by atoms with van der Waals surface area (Å²) in [4.78, 5) is 11.7. The summed E-state index contributed by atoms with van der Waals surface area (Å²) in [6.07, 6.45) is 40.0. The van der Waals surface area contributed by atoms with E-state index in [4.69, 9.17) is 4.74 Å². The molecule has 0 bridgehead atoms. The Morgan fingerprint density at radius 2 is 0.868 bits per heavy atom. The summed E-state index contributed by atoms with van der Waals surface area (Å²) < 4.78 is 5.25. The molecule has 0 N–H and O–H groups in total. The van der Waals surface area contributed by atoms with Gasteiger partial charge in [0.15, 0.2) is 0 Å². The first-order valence-electron chi connectivity index (χ1n) is 16.8. The molecule has 0 saturated heterocycles. The third kappa shape index (κ3) is 24.7. The molecule has 1 aromatic rings. The maximum Gasteiger partial charge on any atom is 0.335 e. The summed E-state index contributed by atoms with van der Waals surface area (Å²) in [5, 5.41) is 0. The fourth-order valence-corrected chi connectivity index (χ4v) is 5.22. The Morgan fingerprint density at radius 1 is 0.526 bits per heavy atom. The molecule has 0 aromatic heterocycles. The summed E-state index contributed by atoms with van der Waals surface area (Å²) >= 11 is 0.